The van der Waals surface area contributed by atoms with Gasteiger partial charge in [-0.1, -0.05) is 0 Å². The Hall–Kier alpha value is -1.50. The standard InChI is InChI=1S/C11H14F3N3O/c1-7-6-17(2-3-18-7)10-9(11(12,13)14)4-8(15)5-16-10/h4-5,7H,2-3,6,15H2,1H3. The molecule has 1 saturated heterocycles. The van der Waals surface area contributed by atoms with E-state index in [0.29, 0.717) is 19.7 Å². The second-order valence-corrected chi connectivity index (χ2v) is 4.27. The van der Waals surface area contributed by atoms with Crippen molar-refractivity contribution in [3.63, 3.8) is 0 Å². The van der Waals surface area contributed by atoms with Crippen molar-refractivity contribution in [3.05, 3.63) is 17.8 Å². The quantitative estimate of drug-likeness (QED) is 0.839. The zero-order valence-corrected chi connectivity index (χ0v) is 9.87. The first-order valence-corrected chi connectivity index (χ1v) is 5.57. The van der Waals surface area contributed by atoms with Gasteiger partial charge < -0.3 is 15.4 Å². The molecule has 0 spiro atoms. The molecule has 0 amide bonds. The van der Waals surface area contributed by atoms with Crippen molar-refractivity contribution in [3.8, 4) is 0 Å². The molecule has 1 unspecified atom stereocenters. The molecular weight excluding hydrogens is 247 g/mol. The minimum atomic E-state index is -4.46. The van der Waals surface area contributed by atoms with E-state index in [9.17, 15) is 13.2 Å². The fraction of sp³-hybridized carbons (Fsp3) is 0.545. The number of nitrogens with two attached hydrogens (primary N) is 1. The minimum absolute atomic E-state index is 0.00684. The molecule has 2 N–H and O–H groups in total. The second-order valence-electron chi connectivity index (χ2n) is 4.27. The third-order valence-electron chi connectivity index (χ3n) is 2.73. The Morgan fingerprint density at radius 1 is 1.50 bits per heavy atom. The van der Waals surface area contributed by atoms with Gasteiger partial charge in [0.15, 0.2) is 0 Å². The van der Waals surface area contributed by atoms with Crippen LogP contribution < -0.4 is 10.6 Å². The lowest BCUT2D eigenvalue weighted by atomic mass is 10.2. The number of nitrogens with zero attached hydrogens (tertiary/aromatic N) is 2. The topological polar surface area (TPSA) is 51.4 Å². The highest BCUT2D eigenvalue weighted by atomic mass is 19.4. The van der Waals surface area contributed by atoms with Crippen LogP contribution in [0, 0.1) is 0 Å². The molecule has 1 aliphatic heterocycles. The zero-order valence-electron chi connectivity index (χ0n) is 9.87. The predicted molar refractivity (Wildman–Crippen MR) is 61.3 cm³/mol. The summed E-state index contributed by atoms with van der Waals surface area (Å²) in [5.41, 5.74) is 4.59. The van der Waals surface area contributed by atoms with Gasteiger partial charge in [0.05, 0.1) is 24.6 Å². The first-order valence-electron chi connectivity index (χ1n) is 5.57. The van der Waals surface area contributed by atoms with Gasteiger partial charge in [-0.15, -0.1) is 0 Å². The van der Waals surface area contributed by atoms with E-state index in [1.165, 1.54) is 6.20 Å². The fourth-order valence-electron chi connectivity index (χ4n) is 1.95. The summed E-state index contributed by atoms with van der Waals surface area (Å²) in [5, 5.41) is 0. The molecule has 1 aromatic heterocycles. The number of ether oxygens (including phenoxy) is 1. The van der Waals surface area contributed by atoms with Crippen LogP contribution in [-0.4, -0.2) is 30.8 Å². The SMILES string of the molecule is CC1CN(c2ncc(N)cc2C(F)(F)F)CCO1. The minimum Gasteiger partial charge on any atom is -0.397 e. The van der Waals surface area contributed by atoms with Crippen molar-refractivity contribution in [1.29, 1.82) is 0 Å². The lowest BCUT2D eigenvalue weighted by Gasteiger charge is -2.33. The highest BCUT2D eigenvalue weighted by molar-refractivity contribution is 5.55. The normalized spacial score (nSPS) is 21.1. The van der Waals surface area contributed by atoms with Gasteiger partial charge in [-0.25, -0.2) is 4.98 Å². The number of rotatable bonds is 1. The summed E-state index contributed by atoms with van der Waals surface area (Å²) < 4.78 is 44.1. The molecule has 1 fully saturated rings. The molecule has 0 aliphatic carbocycles. The van der Waals surface area contributed by atoms with Gasteiger partial charge in [0.1, 0.15) is 11.4 Å². The maximum atomic E-state index is 12.9. The van der Waals surface area contributed by atoms with Crippen molar-refractivity contribution in [2.24, 2.45) is 0 Å². The van der Waals surface area contributed by atoms with Crippen molar-refractivity contribution >= 4 is 11.5 Å². The van der Waals surface area contributed by atoms with E-state index in [1.807, 2.05) is 6.92 Å². The van der Waals surface area contributed by atoms with Crippen molar-refractivity contribution in [1.82, 2.24) is 4.98 Å². The van der Waals surface area contributed by atoms with Crippen LogP contribution in [0.25, 0.3) is 0 Å². The molecule has 0 bridgehead atoms. The van der Waals surface area contributed by atoms with Gasteiger partial charge in [0.25, 0.3) is 0 Å². The Morgan fingerprint density at radius 2 is 2.22 bits per heavy atom. The molecule has 0 aromatic carbocycles. The summed E-state index contributed by atoms with van der Waals surface area (Å²) in [6.07, 6.45) is -3.33. The maximum absolute atomic E-state index is 12.9. The van der Waals surface area contributed by atoms with Crippen LogP contribution in [0.5, 0.6) is 0 Å². The summed E-state index contributed by atoms with van der Waals surface area (Å²) >= 11 is 0. The van der Waals surface area contributed by atoms with Gasteiger partial charge in [-0.2, -0.15) is 13.2 Å². The highest BCUT2D eigenvalue weighted by Gasteiger charge is 2.36. The molecule has 18 heavy (non-hydrogen) atoms. The lowest BCUT2D eigenvalue weighted by Crippen LogP contribution is -2.42. The maximum Gasteiger partial charge on any atom is 0.420 e. The Labute approximate surface area is 103 Å². The number of nitrogen functional groups attached to an aromatic ring is 1. The first kappa shape index (κ1) is 12.9. The predicted octanol–water partition coefficient (Wildman–Crippen LogP) is 1.91. The molecule has 1 aromatic rings. The number of hydrogen-bond donors (Lipinski definition) is 1. The van der Waals surface area contributed by atoms with Crippen molar-refractivity contribution < 1.29 is 17.9 Å². The number of alkyl halides is 3. The smallest absolute Gasteiger partial charge is 0.397 e. The zero-order chi connectivity index (χ0) is 13.3. The fourth-order valence-corrected chi connectivity index (χ4v) is 1.95. The van der Waals surface area contributed by atoms with Gasteiger partial charge in [-0.05, 0) is 13.0 Å². The largest absolute Gasteiger partial charge is 0.420 e. The second kappa shape index (κ2) is 4.64. The van der Waals surface area contributed by atoms with E-state index in [-0.39, 0.29) is 17.6 Å². The number of aromatic nitrogens is 1. The summed E-state index contributed by atoms with van der Waals surface area (Å²) in [6.45, 7) is 2.99. The number of morpholine rings is 1. The third kappa shape index (κ3) is 2.66. The summed E-state index contributed by atoms with van der Waals surface area (Å²) in [7, 11) is 0. The Kier molecular flexibility index (Phi) is 3.34. The van der Waals surface area contributed by atoms with E-state index in [2.05, 4.69) is 4.98 Å². The van der Waals surface area contributed by atoms with Crippen LogP contribution in [0.1, 0.15) is 12.5 Å². The molecule has 1 aliphatic rings. The number of halogens is 3. The third-order valence-corrected chi connectivity index (χ3v) is 2.73. The Balaban J connectivity index is 2.37. The van der Waals surface area contributed by atoms with Crippen LogP contribution >= 0.6 is 0 Å². The molecule has 0 saturated carbocycles. The Bertz CT molecular complexity index is 436. The Morgan fingerprint density at radius 3 is 2.83 bits per heavy atom. The number of hydrogen-bond acceptors (Lipinski definition) is 4. The summed E-state index contributed by atoms with van der Waals surface area (Å²) in [5.74, 6) is -0.0770. The van der Waals surface area contributed by atoms with Gasteiger partial charge in [-0.3, -0.25) is 0 Å². The molecule has 4 nitrogen and oxygen atoms in total. The van der Waals surface area contributed by atoms with E-state index < -0.39 is 11.7 Å². The molecule has 1 atom stereocenters. The van der Waals surface area contributed by atoms with Crippen LogP contribution in [0.15, 0.2) is 12.3 Å². The number of pyridine rings is 1. The van der Waals surface area contributed by atoms with Crippen LogP contribution in [-0.2, 0) is 10.9 Å². The number of anilines is 2. The molecule has 100 valence electrons. The van der Waals surface area contributed by atoms with E-state index in [4.69, 9.17) is 10.5 Å². The van der Waals surface area contributed by atoms with Gasteiger partial charge in [0.2, 0.25) is 0 Å². The highest BCUT2D eigenvalue weighted by Crippen LogP contribution is 2.36. The van der Waals surface area contributed by atoms with E-state index in [0.717, 1.165) is 6.07 Å². The van der Waals surface area contributed by atoms with Crippen LogP contribution in [0.2, 0.25) is 0 Å². The molecular formula is C11H14F3N3O. The molecule has 0 radical (unpaired) electrons. The molecule has 7 heteroatoms. The van der Waals surface area contributed by atoms with Crippen LogP contribution in [0.3, 0.4) is 0 Å². The summed E-state index contributed by atoms with van der Waals surface area (Å²) in [4.78, 5) is 5.41. The van der Waals surface area contributed by atoms with Crippen molar-refractivity contribution in [2.75, 3.05) is 30.3 Å². The average Bonchev–Trinajstić information content (AvgIpc) is 2.27. The van der Waals surface area contributed by atoms with E-state index in [1.54, 1.807) is 4.90 Å². The van der Waals surface area contributed by atoms with E-state index >= 15 is 0 Å². The lowest BCUT2D eigenvalue weighted by molar-refractivity contribution is -0.137. The summed E-state index contributed by atoms with van der Waals surface area (Å²) in [6, 6.07) is 0.919. The first-order chi connectivity index (χ1) is 8.38. The molecule has 2 heterocycles. The van der Waals surface area contributed by atoms with Gasteiger partial charge >= 0.3 is 6.18 Å². The monoisotopic (exact) mass is 261 g/mol. The van der Waals surface area contributed by atoms with Crippen molar-refractivity contribution in [2.45, 2.75) is 19.2 Å². The van der Waals surface area contributed by atoms with Crippen LogP contribution in [0.4, 0.5) is 24.7 Å². The van der Waals surface area contributed by atoms with Gasteiger partial charge in [0, 0.05) is 13.1 Å². The molecule has 2 rings (SSSR count). The average molecular weight is 261 g/mol.